The number of rotatable bonds is 3. The standard InChI is InChI=1S/C45H27N3/c1-4-10-37-28(7-1)13-16-31-25-34(19-22-40(31)37)43-46-44(35-20-23-41-32(26-35)17-14-29-8-2-5-11-38(29)41)48-45(47-43)36-21-24-42-33(27-36)18-15-30-9-3-6-12-39(30)42/h1-27H. The van der Waals surface area contributed by atoms with Gasteiger partial charge < -0.3 is 0 Å². The van der Waals surface area contributed by atoms with Gasteiger partial charge in [-0.2, -0.15) is 0 Å². The van der Waals surface area contributed by atoms with Gasteiger partial charge in [0, 0.05) is 16.7 Å². The van der Waals surface area contributed by atoms with Crippen molar-refractivity contribution in [1.82, 2.24) is 15.0 Å². The molecule has 0 bridgehead atoms. The van der Waals surface area contributed by atoms with Gasteiger partial charge in [0.2, 0.25) is 0 Å². The van der Waals surface area contributed by atoms with Crippen LogP contribution in [0.1, 0.15) is 0 Å². The van der Waals surface area contributed by atoms with E-state index in [1.807, 2.05) is 0 Å². The molecule has 1 aromatic heterocycles. The van der Waals surface area contributed by atoms with Crippen molar-refractivity contribution in [3.63, 3.8) is 0 Å². The molecule has 0 unspecified atom stereocenters. The van der Waals surface area contributed by atoms with Crippen LogP contribution in [0.5, 0.6) is 0 Å². The largest absolute Gasteiger partial charge is 0.208 e. The fourth-order valence-corrected chi connectivity index (χ4v) is 7.22. The van der Waals surface area contributed by atoms with Crippen LogP contribution in [0, 0.1) is 0 Å². The molecule has 0 atom stereocenters. The molecule has 9 aromatic carbocycles. The number of aromatic nitrogens is 3. The Hall–Kier alpha value is -6.45. The Morgan fingerprint density at radius 1 is 0.229 bits per heavy atom. The Morgan fingerprint density at radius 3 is 0.833 bits per heavy atom. The molecule has 0 saturated heterocycles. The van der Waals surface area contributed by atoms with Gasteiger partial charge in [-0.1, -0.05) is 146 Å². The summed E-state index contributed by atoms with van der Waals surface area (Å²) >= 11 is 0. The summed E-state index contributed by atoms with van der Waals surface area (Å²) in [6, 6.07) is 58.3. The lowest BCUT2D eigenvalue weighted by Crippen LogP contribution is -2.00. The van der Waals surface area contributed by atoms with Crippen LogP contribution in [0.2, 0.25) is 0 Å². The van der Waals surface area contributed by atoms with Crippen LogP contribution >= 0.6 is 0 Å². The summed E-state index contributed by atoms with van der Waals surface area (Å²) in [5.74, 6) is 1.96. The maximum Gasteiger partial charge on any atom is 0.164 e. The van der Waals surface area contributed by atoms with Crippen LogP contribution in [-0.2, 0) is 0 Å². The van der Waals surface area contributed by atoms with E-state index in [1.54, 1.807) is 0 Å². The molecular formula is C45H27N3. The average Bonchev–Trinajstić information content (AvgIpc) is 3.16. The van der Waals surface area contributed by atoms with E-state index >= 15 is 0 Å². The highest BCUT2D eigenvalue weighted by molar-refractivity contribution is 6.10. The summed E-state index contributed by atoms with van der Waals surface area (Å²) in [6.45, 7) is 0. The smallest absolute Gasteiger partial charge is 0.164 e. The molecule has 0 aliphatic heterocycles. The number of hydrogen-bond donors (Lipinski definition) is 0. The molecule has 0 N–H and O–H groups in total. The maximum atomic E-state index is 5.12. The first kappa shape index (κ1) is 26.7. The van der Waals surface area contributed by atoms with Gasteiger partial charge in [-0.3, -0.25) is 0 Å². The molecule has 0 aliphatic rings. The first-order chi connectivity index (χ1) is 23.7. The third kappa shape index (κ3) is 4.33. The van der Waals surface area contributed by atoms with Crippen LogP contribution in [0.3, 0.4) is 0 Å². The molecule has 3 heteroatoms. The van der Waals surface area contributed by atoms with Crippen LogP contribution in [0.4, 0.5) is 0 Å². The minimum atomic E-state index is 0.655. The average molecular weight is 610 g/mol. The second kappa shape index (κ2) is 10.5. The maximum absolute atomic E-state index is 5.12. The number of fused-ring (bicyclic) bond motifs is 9. The number of nitrogens with zero attached hydrogens (tertiary/aromatic N) is 3. The zero-order valence-corrected chi connectivity index (χ0v) is 25.9. The number of hydrogen-bond acceptors (Lipinski definition) is 3. The van der Waals surface area contributed by atoms with E-state index in [2.05, 4.69) is 164 Å². The fourth-order valence-electron chi connectivity index (χ4n) is 7.22. The van der Waals surface area contributed by atoms with Crippen molar-refractivity contribution in [2.24, 2.45) is 0 Å². The van der Waals surface area contributed by atoms with Gasteiger partial charge in [0.1, 0.15) is 0 Å². The molecule has 48 heavy (non-hydrogen) atoms. The van der Waals surface area contributed by atoms with Gasteiger partial charge in [0.25, 0.3) is 0 Å². The van der Waals surface area contributed by atoms with E-state index in [0.29, 0.717) is 17.5 Å². The molecule has 222 valence electrons. The van der Waals surface area contributed by atoms with Crippen molar-refractivity contribution >= 4 is 64.6 Å². The molecule has 0 amide bonds. The molecule has 10 rings (SSSR count). The Balaban J connectivity index is 1.17. The summed E-state index contributed by atoms with van der Waals surface area (Å²) in [7, 11) is 0. The monoisotopic (exact) mass is 609 g/mol. The summed E-state index contributed by atoms with van der Waals surface area (Å²) < 4.78 is 0. The SMILES string of the molecule is c1ccc2c(c1)ccc1cc(-c3nc(-c4ccc5c(ccc6ccccc65)c4)nc(-c4ccc5c(ccc6ccccc65)c4)n3)ccc12. The Kier molecular flexibility index (Phi) is 5.87. The molecule has 10 aromatic rings. The molecule has 1 heterocycles. The molecule has 0 saturated carbocycles. The van der Waals surface area contributed by atoms with Crippen molar-refractivity contribution in [1.29, 1.82) is 0 Å². The van der Waals surface area contributed by atoms with Crippen molar-refractivity contribution in [3.8, 4) is 34.2 Å². The predicted molar refractivity (Wildman–Crippen MR) is 201 cm³/mol. The summed E-state index contributed by atoms with van der Waals surface area (Å²) in [4.78, 5) is 15.4. The highest BCUT2D eigenvalue weighted by Crippen LogP contribution is 2.34. The van der Waals surface area contributed by atoms with Gasteiger partial charge in [-0.15, -0.1) is 0 Å². The molecular weight excluding hydrogens is 583 g/mol. The fraction of sp³-hybridized carbons (Fsp3) is 0. The first-order valence-corrected chi connectivity index (χ1v) is 16.3. The van der Waals surface area contributed by atoms with E-state index in [0.717, 1.165) is 32.8 Å². The first-order valence-electron chi connectivity index (χ1n) is 16.3. The van der Waals surface area contributed by atoms with Crippen LogP contribution in [0.25, 0.3) is 98.8 Å². The summed E-state index contributed by atoms with van der Waals surface area (Å²) in [5.41, 5.74) is 2.88. The lowest BCUT2D eigenvalue weighted by atomic mass is 9.99. The minimum Gasteiger partial charge on any atom is -0.208 e. The lowest BCUT2D eigenvalue weighted by molar-refractivity contribution is 1.08. The third-order valence-electron chi connectivity index (χ3n) is 9.64. The van der Waals surface area contributed by atoms with Gasteiger partial charge >= 0.3 is 0 Å². The highest BCUT2D eigenvalue weighted by atomic mass is 15.0. The van der Waals surface area contributed by atoms with Crippen LogP contribution < -0.4 is 0 Å². The predicted octanol–water partition coefficient (Wildman–Crippen LogP) is 11.8. The summed E-state index contributed by atoms with van der Waals surface area (Å²) in [5, 5.41) is 14.5. The second-order valence-electron chi connectivity index (χ2n) is 12.5. The molecule has 0 aliphatic carbocycles. The molecule has 0 radical (unpaired) electrons. The zero-order chi connectivity index (χ0) is 31.6. The third-order valence-corrected chi connectivity index (χ3v) is 9.64. The topological polar surface area (TPSA) is 38.7 Å². The van der Waals surface area contributed by atoms with Gasteiger partial charge in [-0.05, 0) is 82.8 Å². The van der Waals surface area contributed by atoms with Gasteiger partial charge in [-0.25, -0.2) is 15.0 Å². The van der Waals surface area contributed by atoms with Crippen molar-refractivity contribution < 1.29 is 0 Å². The Bertz CT molecular complexity index is 2580. The Labute approximate surface area is 276 Å². The van der Waals surface area contributed by atoms with E-state index < -0.39 is 0 Å². The molecule has 0 fully saturated rings. The van der Waals surface area contributed by atoms with Gasteiger partial charge in [0.05, 0.1) is 0 Å². The quantitative estimate of drug-likeness (QED) is 0.187. The van der Waals surface area contributed by atoms with E-state index in [9.17, 15) is 0 Å². The van der Waals surface area contributed by atoms with E-state index in [-0.39, 0.29) is 0 Å². The molecule has 0 spiro atoms. The zero-order valence-electron chi connectivity index (χ0n) is 25.9. The van der Waals surface area contributed by atoms with Gasteiger partial charge in [0.15, 0.2) is 17.5 Å². The normalized spacial score (nSPS) is 11.8. The van der Waals surface area contributed by atoms with Crippen molar-refractivity contribution in [2.45, 2.75) is 0 Å². The second-order valence-corrected chi connectivity index (χ2v) is 12.5. The van der Waals surface area contributed by atoms with E-state index in [1.165, 1.54) is 48.5 Å². The molecule has 3 nitrogen and oxygen atoms in total. The van der Waals surface area contributed by atoms with E-state index in [4.69, 9.17) is 15.0 Å². The Morgan fingerprint density at radius 2 is 0.500 bits per heavy atom. The summed E-state index contributed by atoms with van der Waals surface area (Å²) in [6.07, 6.45) is 0. The van der Waals surface area contributed by atoms with Crippen molar-refractivity contribution in [2.75, 3.05) is 0 Å². The van der Waals surface area contributed by atoms with Crippen LogP contribution in [-0.4, -0.2) is 15.0 Å². The van der Waals surface area contributed by atoms with Crippen LogP contribution in [0.15, 0.2) is 164 Å². The lowest BCUT2D eigenvalue weighted by Gasteiger charge is -2.12. The highest BCUT2D eigenvalue weighted by Gasteiger charge is 2.15. The minimum absolute atomic E-state index is 0.655. The number of benzene rings is 9. The van der Waals surface area contributed by atoms with Crippen molar-refractivity contribution in [3.05, 3.63) is 164 Å².